The highest BCUT2D eigenvalue weighted by molar-refractivity contribution is 6.38. The first kappa shape index (κ1) is 18.9. The first-order valence-corrected chi connectivity index (χ1v) is 8.25. The lowest BCUT2D eigenvalue weighted by Crippen LogP contribution is -2.23. The van der Waals surface area contributed by atoms with Crippen LogP contribution in [0, 0.1) is 5.82 Å². The molecule has 1 heterocycles. The van der Waals surface area contributed by atoms with Crippen LogP contribution in [0.5, 0.6) is 0 Å². The zero-order valence-corrected chi connectivity index (χ0v) is 14.8. The summed E-state index contributed by atoms with van der Waals surface area (Å²) in [5.74, 6) is -2.89. The third kappa shape index (κ3) is 3.78. The normalized spacial score (nSPS) is 11.5. The molecular formula is C21H15FN2O4. The van der Waals surface area contributed by atoms with Gasteiger partial charge >= 0.3 is 5.97 Å². The molecule has 7 heteroatoms. The molecule has 0 fully saturated rings. The summed E-state index contributed by atoms with van der Waals surface area (Å²) >= 11 is 0. The number of hydrogen-bond acceptors (Lipinski definition) is 5. The predicted molar refractivity (Wildman–Crippen MR) is 99.0 cm³/mol. The Hall–Kier alpha value is -3.87. The number of rotatable bonds is 6. The van der Waals surface area contributed by atoms with Crippen molar-refractivity contribution in [1.29, 1.82) is 0 Å². The Balaban J connectivity index is 2.25. The average molecular weight is 378 g/mol. The molecule has 0 saturated carbocycles. The molecule has 0 unspecified atom stereocenters. The van der Waals surface area contributed by atoms with E-state index in [9.17, 15) is 18.8 Å². The molecule has 140 valence electrons. The maximum Gasteiger partial charge on any atom is 0.344 e. The Morgan fingerprint density at radius 2 is 1.54 bits per heavy atom. The number of halogens is 1. The molecule has 3 rings (SSSR count). The van der Waals surface area contributed by atoms with Gasteiger partial charge in [-0.3, -0.25) is 9.59 Å². The molecule has 3 aromatic rings. The molecule has 0 atom stereocenters. The number of aromatic nitrogens is 2. The van der Waals surface area contributed by atoms with Crippen molar-refractivity contribution in [3.8, 4) is 0 Å². The molecule has 0 aliphatic rings. The van der Waals surface area contributed by atoms with Gasteiger partial charge in [-0.15, -0.1) is 0 Å². The maximum atomic E-state index is 13.2. The molecule has 0 amide bonds. The van der Waals surface area contributed by atoms with Crippen LogP contribution in [-0.4, -0.2) is 34.4 Å². The summed E-state index contributed by atoms with van der Waals surface area (Å²) in [7, 11) is 1.11. The summed E-state index contributed by atoms with van der Waals surface area (Å²) in [4.78, 5) is 38.7. The van der Waals surface area contributed by atoms with E-state index >= 15 is 0 Å². The van der Waals surface area contributed by atoms with Gasteiger partial charge in [0, 0.05) is 23.5 Å². The number of carbonyl (C=O) groups excluding carboxylic acids is 3. The molecule has 0 bridgehead atoms. The van der Waals surface area contributed by atoms with E-state index in [0.717, 1.165) is 23.9 Å². The Kier molecular flexibility index (Phi) is 5.55. The average Bonchev–Trinajstić information content (AvgIpc) is 3.26. The number of Topliss-reactive ketones (excluding diaryl/α,β-unsaturated/α-hetero) is 2. The summed E-state index contributed by atoms with van der Waals surface area (Å²) in [6, 6.07) is 14.4. The van der Waals surface area contributed by atoms with Gasteiger partial charge in [0.1, 0.15) is 17.1 Å². The van der Waals surface area contributed by atoms with Crippen molar-refractivity contribution in [2.24, 2.45) is 0 Å². The van der Waals surface area contributed by atoms with Crippen LogP contribution in [0.1, 0.15) is 20.7 Å². The van der Waals surface area contributed by atoms with Crippen LogP contribution in [0.2, 0.25) is 0 Å². The summed E-state index contributed by atoms with van der Waals surface area (Å²) in [6.07, 6.45) is 2.85. The molecular weight excluding hydrogens is 363 g/mol. The van der Waals surface area contributed by atoms with Crippen molar-refractivity contribution in [3.63, 3.8) is 0 Å². The zero-order valence-electron chi connectivity index (χ0n) is 14.8. The molecule has 0 radical (unpaired) electrons. The number of methoxy groups -OCH3 is 1. The van der Waals surface area contributed by atoms with Crippen molar-refractivity contribution in [1.82, 2.24) is 9.78 Å². The van der Waals surface area contributed by atoms with E-state index in [4.69, 9.17) is 4.74 Å². The fraction of sp³-hybridized carbons (Fsp3) is 0.0476. The second-order valence-corrected chi connectivity index (χ2v) is 5.70. The van der Waals surface area contributed by atoms with E-state index in [1.165, 1.54) is 24.5 Å². The monoisotopic (exact) mass is 378 g/mol. The van der Waals surface area contributed by atoms with Crippen LogP contribution in [-0.2, 0) is 9.53 Å². The minimum atomic E-state index is -0.996. The topological polar surface area (TPSA) is 78.3 Å². The summed E-state index contributed by atoms with van der Waals surface area (Å²) in [5.41, 5.74) is -0.447. The largest absolute Gasteiger partial charge is 0.465 e. The zero-order chi connectivity index (χ0) is 20.1. The first-order chi connectivity index (χ1) is 13.5. The van der Waals surface area contributed by atoms with Crippen LogP contribution >= 0.6 is 0 Å². The molecule has 1 aromatic heterocycles. The SMILES string of the molecule is COC(=O)/C(C(=O)c1ccc(F)cc1)=C(\C(=O)c1ccccc1)n1cccn1. The van der Waals surface area contributed by atoms with Gasteiger partial charge in [-0.1, -0.05) is 30.3 Å². The highest BCUT2D eigenvalue weighted by atomic mass is 19.1. The van der Waals surface area contributed by atoms with Gasteiger partial charge in [0.05, 0.1) is 7.11 Å². The van der Waals surface area contributed by atoms with Crippen molar-refractivity contribution in [2.45, 2.75) is 0 Å². The van der Waals surface area contributed by atoms with E-state index in [-0.39, 0.29) is 16.8 Å². The Labute approximate surface area is 159 Å². The molecule has 2 aromatic carbocycles. The van der Waals surface area contributed by atoms with Gasteiger partial charge in [0.15, 0.2) is 0 Å². The molecule has 6 nitrogen and oxygen atoms in total. The molecule has 0 saturated heterocycles. The number of nitrogens with zero attached hydrogens (tertiary/aromatic N) is 2. The second-order valence-electron chi connectivity index (χ2n) is 5.70. The summed E-state index contributed by atoms with van der Waals surface area (Å²) < 4.78 is 19.1. The Morgan fingerprint density at radius 1 is 0.893 bits per heavy atom. The van der Waals surface area contributed by atoms with Gasteiger partial charge in [0.25, 0.3) is 0 Å². The van der Waals surface area contributed by atoms with E-state index in [1.807, 2.05) is 0 Å². The van der Waals surface area contributed by atoms with Gasteiger partial charge < -0.3 is 4.74 Å². The number of benzene rings is 2. The fourth-order valence-electron chi connectivity index (χ4n) is 2.60. The molecule has 0 aliphatic heterocycles. The maximum absolute atomic E-state index is 13.2. The first-order valence-electron chi connectivity index (χ1n) is 8.25. The van der Waals surface area contributed by atoms with Crippen LogP contribution < -0.4 is 0 Å². The lowest BCUT2D eigenvalue weighted by atomic mass is 9.97. The standard InChI is InChI=1S/C21H15FN2O4/c1-28-21(27)17(19(25)15-8-10-16(22)11-9-15)18(24-13-5-12-23-24)20(26)14-6-3-2-4-7-14/h2-13H,1H3/b18-17+. The minimum absolute atomic E-state index is 0.0346. The van der Waals surface area contributed by atoms with Gasteiger partial charge in [-0.2, -0.15) is 5.10 Å². The fourth-order valence-corrected chi connectivity index (χ4v) is 2.60. The third-order valence-electron chi connectivity index (χ3n) is 3.94. The van der Waals surface area contributed by atoms with Gasteiger partial charge in [-0.05, 0) is 30.3 Å². The molecule has 0 N–H and O–H groups in total. The number of hydrogen-bond donors (Lipinski definition) is 0. The predicted octanol–water partition coefficient (Wildman–Crippen LogP) is 3.17. The molecule has 28 heavy (non-hydrogen) atoms. The minimum Gasteiger partial charge on any atom is -0.465 e. The quantitative estimate of drug-likeness (QED) is 0.216. The lowest BCUT2D eigenvalue weighted by Gasteiger charge is -2.13. The number of ether oxygens (including phenoxy) is 1. The summed E-state index contributed by atoms with van der Waals surface area (Å²) in [5, 5.41) is 4.01. The van der Waals surface area contributed by atoms with E-state index in [2.05, 4.69) is 5.10 Å². The van der Waals surface area contributed by atoms with Crippen molar-refractivity contribution in [3.05, 3.63) is 95.6 Å². The summed E-state index contributed by atoms with van der Waals surface area (Å²) in [6.45, 7) is 0. The van der Waals surface area contributed by atoms with Crippen LogP contribution in [0.15, 0.2) is 78.6 Å². The number of allylic oxidation sites excluding steroid dienone is 1. The Morgan fingerprint density at radius 3 is 2.11 bits per heavy atom. The number of esters is 1. The third-order valence-corrected chi connectivity index (χ3v) is 3.94. The van der Waals surface area contributed by atoms with E-state index in [0.29, 0.717) is 0 Å². The number of carbonyl (C=O) groups is 3. The smallest absolute Gasteiger partial charge is 0.344 e. The number of ketones is 2. The lowest BCUT2D eigenvalue weighted by molar-refractivity contribution is -0.135. The molecule has 0 aliphatic carbocycles. The van der Waals surface area contributed by atoms with E-state index < -0.39 is 28.9 Å². The van der Waals surface area contributed by atoms with Crippen LogP contribution in [0.4, 0.5) is 4.39 Å². The highest BCUT2D eigenvalue weighted by Crippen LogP contribution is 2.22. The van der Waals surface area contributed by atoms with Crippen molar-refractivity contribution >= 4 is 23.2 Å². The van der Waals surface area contributed by atoms with E-state index in [1.54, 1.807) is 36.4 Å². The highest BCUT2D eigenvalue weighted by Gasteiger charge is 2.31. The van der Waals surface area contributed by atoms with Crippen LogP contribution in [0.3, 0.4) is 0 Å². The van der Waals surface area contributed by atoms with Gasteiger partial charge in [-0.25, -0.2) is 13.9 Å². The second kappa shape index (κ2) is 8.22. The Bertz CT molecular complexity index is 1040. The molecule has 0 spiro atoms. The van der Waals surface area contributed by atoms with Gasteiger partial charge in [0.2, 0.25) is 11.6 Å². The van der Waals surface area contributed by atoms with Crippen molar-refractivity contribution in [2.75, 3.05) is 7.11 Å². The van der Waals surface area contributed by atoms with Crippen molar-refractivity contribution < 1.29 is 23.5 Å². The van der Waals surface area contributed by atoms with Crippen LogP contribution in [0.25, 0.3) is 5.70 Å².